The molecule has 0 bridgehead atoms. The third-order valence-corrected chi connectivity index (χ3v) is 2.62. The molecule has 0 aromatic heterocycles. The monoisotopic (exact) mass is 268 g/mol. The highest BCUT2D eigenvalue weighted by Crippen LogP contribution is 2.00. The van der Waals surface area contributed by atoms with Crippen molar-refractivity contribution in [3.63, 3.8) is 0 Å². The largest absolute Gasteiger partial charge is 0.395 e. The third-order valence-electron chi connectivity index (χ3n) is 2.62. The van der Waals surface area contributed by atoms with Gasteiger partial charge in [-0.2, -0.15) is 0 Å². The van der Waals surface area contributed by atoms with Crippen LogP contribution in [0.3, 0.4) is 0 Å². The minimum absolute atomic E-state index is 0.00812. The molecule has 0 heterocycles. The third kappa shape index (κ3) is 9.09. The predicted octanol–water partition coefficient (Wildman–Crippen LogP) is 0.527. The topological polar surface area (TPSA) is 69.6 Å². The van der Waals surface area contributed by atoms with E-state index in [0.29, 0.717) is 45.3 Å². The number of hydrogen-bond acceptors (Lipinski definition) is 3. The lowest BCUT2D eigenvalue weighted by molar-refractivity contribution is -0.132. The quantitative estimate of drug-likeness (QED) is 0.448. The van der Waals surface area contributed by atoms with Gasteiger partial charge in [0.1, 0.15) is 0 Å². The second kappa shape index (κ2) is 11.5. The van der Waals surface area contributed by atoms with Gasteiger partial charge in [-0.3, -0.25) is 9.59 Å². The smallest absolute Gasteiger partial charge is 0.222 e. The molecule has 2 amide bonds. The standard InChI is InChI=1S/C14H24N2O3/c1-3-5-6-8-14(19)16(11-12-17)10-9-15-13(18)7-4-2/h1,17H,4-12H2,2H3,(H,15,18). The summed E-state index contributed by atoms with van der Waals surface area (Å²) in [4.78, 5) is 24.7. The van der Waals surface area contributed by atoms with Gasteiger partial charge < -0.3 is 15.3 Å². The molecule has 0 aliphatic rings. The molecular weight excluding hydrogens is 244 g/mol. The molecule has 0 spiro atoms. The Balaban J connectivity index is 4.00. The lowest BCUT2D eigenvalue weighted by atomic mass is 10.2. The van der Waals surface area contributed by atoms with Crippen molar-refractivity contribution in [1.82, 2.24) is 10.2 Å². The molecule has 0 atom stereocenters. The highest BCUT2D eigenvalue weighted by Gasteiger charge is 2.12. The first-order valence-corrected chi connectivity index (χ1v) is 6.74. The van der Waals surface area contributed by atoms with Crippen LogP contribution >= 0.6 is 0 Å². The average molecular weight is 268 g/mol. The van der Waals surface area contributed by atoms with Crippen molar-refractivity contribution in [3.8, 4) is 12.3 Å². The minimum atomic E-state index is -0.0796. The van der Waals surface area contributed by atoms with Crippen molar-refractivity contribution in [2.75, 3.05) is 26.2 Å². The minimum Gasteiger partial charge on any atom is -0.395 e. The molecule has 5 nitrogen and oxygen atoms in total. The van der Waals surface area contributed by atoms with Crippen molar-refractivity contribution in [2.24, 2.45) is 0 Å². The lowest BCUT2D eigenvalue weighted by Gasteiger charge is -2.21. The normalized spacial score (nSPS) is 9.74. The Bertz CT molecular complexity index is 310. The maximum absolute atomic E-state index is 11.8. The molecule has 2 N–H and O–H groups in total. The number of terminal acetylenes is 1. The maximum Gasteiger partial charge on any atom is 0.222 e. The van der Waals surface area contributed by atoms with Crippen LogP contribution in [0.15, 0.2) is 0 Å². The lowest BCUT2D eigenvalue weighted by Crippen LogP contribution is -2.40. The van der Waals surface area contributed by atoms with Crippen molar-refractivity contribution in [1.29, 1.82) is 0 Å². The molecule has 0 aromatic rings. The van der Waals surface area contributed by atoms with Gasteiger partial charge in [-0.15, -0.1) is 12.3 Å². The molecule has 0 aliphatic carbocycles. The summed E-state index contributed by atoms with van der Waals surface area (Å²) in [6.45, 7) is 2.99. The van der Waals surface area contributed by atoms with Gasteiger partial charge in [0.15, 0.2) is 0 Å². The summed E-state index contributed by atoms with van der Waals surface area (Å²) in [5, 5.41) is 11.7. The molecule has 0 saturated carbocycles. The number of unbranched alkanes of at least 4 members (excludes halogenated alkanes) is 1. The first-order chi connectivity index (χ1) is 9.15. The number of carbonyl (C=O) groups excluding carboxylic acids is 2. The molecular formula is C14H24N2O3. The fraction of sp³-hybridized carbons (Fsp3) is 0.714. The van der Waals surface area contributed by atoms with E-state index < -0.39 is 0 Å². The van der Waals surface area contributed by atoms with Gasteiger partial charge in [-0.1, -0.05) is 6.92 Å². The molecule has 19 heavy (non-hydrogen) atoms. The van der Waals surface area contributed by atoms with Crippen molar-refractivity contribution in [3.05, 3.63) is 0 Å². The fourth-order valence-electron chi connectivity index (χ4n) is 1.63. The molecule has 0 aromatic carbocycles. The van der Waals surface area contributed by atoms with Gasteiger partial charge in [-0.05, 0) is 12.8 Å². The second-order valence-corrected chi connectivity index (χ2v) is 4.26. The number of aliphatic hydroxyl groups is 1. The van der Waals surface area contributed by atoms with E-state index in [1.807, 2.05) is 6.92 Å². The average Bonchev–Trinajstić information content (AvgIpc) is 2.38. The van der Waals surface area contributed by atoms with E-state index in [2.05, 4.69) is 11.2 Å². The molecule has 0 unspecified atom stereocenters. The van der Waals surface area contributed by atoms with Crippen LogP contribution in [0.5, 0.6) is 0 Å². The van der Waals surface area contributed by atoms with E-state index in [9.17, 15) is 9.59 Å². The zero-order chi connectivity index (χ0) is 14.5. The maximum atomic E-state index is 11.8. The number of aliphatic hydroxyl groups excluding tert-OH is 1. The highest BCUT2D eigenvalue weighted by atomic mass is 16.3. The van der Waals surface area contributed by atoms with E-state index in [1.165, 1.54) is 0 Å². The van der Waals surface area contributed by atoms with Crippen LogP contribution in [0, 0.1) is 12.3 Å². The van der Waals surface area contributed by atoms with E-state index in [0.717, 1.165) is 6.42 Å². The number of nitrogens with zero attached hydrogens (tertiary/aromatic N) is 1. The first-order valence-electron chi connectivity index (χ1n) is 6.74. The zero-order valence-electron chi connectivity index (χ0n) is 11.7. The molecule has 5 heteroatoms. The van der Waals surface area contributed by atoms with Gasteiger partial charge in [0.2, 0.25) is 11.8 Å². The van der Waals surface area contributed by atoms with Gasteiger partial charge in [0, 0.05) is 38.9 Å². The Morgan fingerprint density at radius 3 is 2.63 bits per heavy atom. The number of hydrogen-bond donors (Lipinski definition) is 2. The Morgan fingerprint density at radius 1 is 1.32 bits per heavy atom. The summed E-state index contributed by atoms with van der Waals surface area (Å²) >= 11 is 0. The van der Waals surface area contributed by atoms with Crippen LogP contribution in [0.25, 0.3) is 0 Å². The summed E-state index contributed by atoms with van der Waals surface area (Å²) in [6.07, 6.45) is 8.04. The Labute approximate surface area is 115 Å². The molecule has 0 aliphatic heterocycles. The van der Waals surface area contributed by atoms with E-state index in [4.69, 9.17) is 11.5 Å². The number of rotatable bonds is 10. The van der Waals surface area contributed by atoms with Crippen molar-refractivity contribution < 1.29 is 14.7 Å². The van der Waals surface area contributed by atoms with E-state index in [-0.39, 0.29) is 18.4 Å². The van der Waals surface area contributed by atoms with Crippen LogP contribution in [-0.2, 0) is 9.59 Å². The van der Waals surface area contributed by atoms with E-state index in [1.54, 1.807) is 4.90 Å². The summed E-state index contributed by atoms with van der Waals surface area (Å²) < 4.78 is 0. The van der Waals surface area contributed by atoms with Crippen LogP contribution in [0.4, 0.5) is 0 Å². The fourth-order valence-corrected chi connectivity index (χ4v) is 1.63. The van der Waals surface area contributed by atoms with Gasteiger partial charge in [0.05, 0.1) is 6.61 Å². The molecule has 0 radical (unpaired) electrons. The van der Waals surface area contributed by atoms with Crippen LogP contribution in [0.2, 0.25) is 0 Å². The summed E-state index contributed by atoms with van der Waals surface area (Å²) in [6, 6.07) is 0. The second-order valence-electron chi connectivity index (χ2n) is 4.26. The summed E-state index contributed by atoms with van der Waals surface area (Å²) in [7, 11) is 0. The van der Waals surface area contributed by atoms with Crippen LogP contribution in [0.1, 0.15) is 39.0 Å². The molecule has 0 fully saturated rings. The molecule has 108 valence electrons. The summed E-state index contributed by atoms with van der Waals surface area (Å²) in [5.74, 6) is 2.45. The predicted molar refractivity (Wildman–Crippen MR) is 74.3 cm³/mol. The van der Waals surface area contributed by atoms with Crippen LogP contribution in [-0.4, -0.2) is 48.1 Å². The molecule has 0 rings (SSSR count). The van der Waals surface area contributed by atoms with Crippen molar-refractivity contribution >= 4 is 11.8 Å². The number of nitrogens with one attached hydrogen (secondary N) is 1. The van der Waals surface area contributed by atoms with Gasteiger partial charge >= 0.3 is 0 Å². The number of carbonyl (C=O) groups is 2. The SMILES string of the molecule is C#CCCCC(=O)N(CCO)CCNC(=O)CCC. The Morgan fingerprint density at radius 2 is 2.05 bits per heavy atom. The first kappa shape index (κ1) is 17.5. The molecule has 0 saturated heterocycles. The van der Waals surface area contributed by atoms with Crippen molar-refractivity contribution in [2.45, 2.75) is 39.0 Å². The van der Waals surface area contributed by atoms with Crippen LogP contribution < -0.4 is 5.32 Å². The highest BCUT2D eigenvalue weighted by molar-refractivity contribution is 5.77. The Kier molecular flexibility index (Phi) is 10.6. The van der Waals surface area contributed by atoms with Gasteiger partial charge in [0.25, 0.3) is 0 Å². The number of amides is 2. The van der Waals surface area contributed by atoms with E-state index >= 15 is 0 Å². The van der Waals surface area contributed by atoms with Gasteiger partial charge in [-0.25, -0.2) is 0 Å². The zero-order valence-corrected chi connectivity index (χ0v) is 11.7. The Hall–Kier alpha value is -1.54. The summed E-state index contributed by atoms with van der Waals surface area (Å²) in [5.41, 5.74) is 0.